The highest BCUT2D eigenvalue weighted by atomic mass is 19.4. The van der Waals surface area contributed by atoms with Crippen molar-refractivity contribution < 1.29 is 23.0 Å². The Morgan fingerprint density at radius 1 is 1.20 bits per heavy atom. The summed E-state index contributed by atoms with van der Waals surface area (Å²) in [7, 11) is 1.40. The van der Waals surface area contributed by atoms with E-state index in [9.17, 15) is 18.3 Å². The van der Waals surface area contributed by atoms with Crippen LogP contribution in [0.4, 0.5) is 13.2 Å². The summed E-state index contributed by atoms with van der Waals surface area (Å²) in [4.78, 5) is 0. The van der Waals surface area contributed by atoms with Crippen molar-refractivity contribution in [3.05, 3.63) is 0 Å². The topological polar surface area (TPSA) is 29.5 Å². The van der Waals surface area contributed by atoms with Gasteiger partial charge in [0.1, 0.15) is 0 Å². The highest BCUT2D eigenvalue weighted by molar-refractivity contribution is 4.81. The molecule has 0 aromatic rings. The minimum Gasteiger partial charge on any atom is -0.390 e. The molecule has 0 aliphatic rings. The molecule has 0 rings (SSSR count). The molecule has 0 saturated carbocycles. The van der Waals surface area contributed by atoms with E-state index in [1.165, 1.54) is 7.11 Å². The fourth-order valence-corrected chi connectivity index (χ4v) is 1.55. The Morgan fingerprint density at radius 3 is 1.93 bits per heavy atom. The van der Waals surface area contributed by atoms with Crippen molar-refractivity contribution in [1.82, 2.24) is 0 Å². The summed E-state index contributed by atoms with van der Waals surface area (Å²) in [5.41, 5.74) is -0.375. The lowest BCUT2D eigenvalue weighted by molar-refractivity contribution is -0.149. The van der Waals surface area contributed by atoms with Crippen LogP contribution >= 0.6 is 0 Å². The number of aliphatic hydroxyl groups excluding tert-OH is 1. The van der Waals surface area contributed by atoms with Crippen LogP contribution < -0.4 is 0 Å². The van der Waals surface area contributed by atoms with E-state index < -0.39 is 24.8 Å². The van der Waals surface area contributed by atoms with Crippen LogP contribution in [0.1, 0.15) is 33.6 Å². The molecular weight excluding hydrogens is 209 g/mol. The number of halogens is 3. The highest BCUT2D eigenvalue weighted by Crippen LogP contribution is 2.29. The fourth-order valence-electron chi connectivity index (χ4n) is 1.55. The van der Waals surface area contributed by atoms with Gasteiger partial charge in [0.25, 0.3) is 0 Å². The molecule has 1 N–H and O–H groups in total. The van der Waals surface area contributed by atoms with Crippen LogP contribution in [0, 0.1) is 5.41 Å². The molecule has 0 saturated heterocycles. The number of methoxy groups -OCH3 is 1. The molecule has 0 amide bonds. The molecule has 5 heteroatoms. The van der Waals surface area contributed by atoms with Gasteiger partial charge in [-0.15, -0.1) is 0 Å². The molecule has 0 fully saturated rings. The number of hydrogen-bond acceptors (Lipinski definition) is 2. The molecule has 0 spiro atoms. The third-order valence-electron chi connectivity index (χ3n) is 2.18. The summed E-state index contributed by atoms with van der Waals surface area (Å²) in [5, 5.41) is 9.58. The molecule has 2 nitrogen and oxygen atoms in total. The van der Waals surface area contributed by atoms with E-state index in [1.807, 2.05) is 20.8 Å². The Bertz CT molecular complexity index is 184. The van der Waals surface area contributed by atoms with Crippen molar-refractivity contribution >= 4 is 0 Å². The fraction of sp³-hybridized carbons (Fsp3) is 1.00. The van der Waals surface area contributed by atoms with Crippen LogP contribution in [0.2, 0.25) is 0 Å². The number of rotatable bonds is 4. The van der Waals surface area contributed by atoms with Crippen LogP contribution in [0.15, 0.2) is 0 Å². The van der Waals surface area contributed by atoms with Gasteiger partial charge in [-0.3, -0.25) is 0 Å². The quantitative estimate of drug-likeness (QED) is 0.801. The summed E-state index contributed by atoms with van der Waals surface area (Å²) in [6.45, 7) is 5.45. The first-order valence-corrected chi connectivity index (χ1v) is 4.85. The second-order valence-corrected chi connectivity index (χ2v) is 4.74. The minimum absolute atomic E-state index is 0.320. The standard InChI is InChI=1S/C10H19F3O2/c1-9(2,3)8(15-4)7(14)5-6-10(11,12)13/h7-8,14H,5-6H2,1-4H3. The van der Waals surface area contributed by atoms with Gasteiger partial charge < -0.3 is 9.84 Å². The van der Waals surface area contributed by atoms with E-state index >= 15 is 0 Å². The van der Waals surface area contributed by atoms with Gasteiger partial charge in [-0.25, -0.2) is 0 Å². The lowest BCUT2D eigenvalue weighted by atomic mass is 9.84. The SMILES string of the molecule is COC(C(O)CCC(F)(F)F)C(C)(C)C. The maximum Gasteiger partial charge on any atom is 0.389 e. The second kappa shape index (κ2) is 5.16. The van der Waals surface area contributed by atoms with Crippen molar-refractivity contribution in [3.63, 3.8) is 0 Å². The van der Waals surface area contributed by atoms with Crippen molar-refractivity contribution in [3.8, 4) is 0 Å². The third kappa shape index (κ3) is 5.99. The maximum absolute atomic E-state index is 11.9. The first kappa shape index (κ1) is 14.7. The van der Waals surface area contributed by atoms with E-state index in [-0.39, 0.29) is 11.8 Å². The number of hydrogen-bond donors (Lipinski definition) is 1. The van der Waals surface area contributed by atoms with E-state index in [0.717, 1.165) is 0 Å². The largest absolute Gasteiger partial charge is 0.390 e. The lowest BCUT2D eigenvalue weighted by Gasteiger charge is -2.33. The average molecular weight is 228 g/mol. The van der Waals surface area contributed by atoms with Gasteiger partial charge >= 0.3 is 6.18 Å². The molecule has 0 heterocycles. The zero-order valence-corrected chi connectivity index (χ0v) is 9.56. The van der Waals surface area contributed by atoms with Crippen LogP contribution in [-0.2, 0) is 4.74 Å². The Morgan fingerprint density at radius 2 is 1.67 bits per heavy atom. The molecule has 0 bridgehead atoms. The Balaban J connectivity index is 4.24. The van der Waals surface area contributed by atoms with Crippen molar-refractivity contribution in [2.24, 2.45) is 5.41 Å². The monoisotopic (exact) mass is 228 g/mol. The van der Waals surface area contributed by atoms with Gasteiger partial charge in [0.05, 0.1) is 12.2 Å². The predicted molar refractivity (Wildman–Crippen MR) is 51.5 cm³/mol. The van der Waals surface area contributed by atoms with Gasteiger partial charge in [0, 0.05) is 13.5 Å². The number of aliphatic hydroxyl groups is 1. The zero-order valence-electron chi connectivity index (χ0n) is 9.56. The van der Waals surface area contributed by atoms with Crippen molar-refractivity contribution in [1.29, 1.82) is 0 Å². The summed E-state index contributed by atoms with van der Waals surface area (Å²) < 4.78 is 40.8. The molecule has 2 unspecified atom stereocenters. The van der Waals surface area contributed by atoms with E-state index in [4.69, 9.17) is 4.74 Å². The molecule has 0 aromatic heterocycles. The van der Waals surface area contributed by atoms with Gasteiger partial charge in [-0.1, -0.05) is 20.8 Å². The molecular formula is C10H19F3O2. The van der Waals surface area contributed by atoms with Crippen LogP contribution in [0.3, 0.4) is 0 Å². The minimum atomic E-state index is -4.23. The normalized spacial score (nSPS) is 17.6. The first-order chi connectivity index (χ1) is 6.58. The third-order valence-corrected chi connectivity index (χ3v) is 2.18. The van der Waals surface area contributed by atoms with Gasteiger partial charge in [-0.2, -0.15) is 13.2 Å². The van der Waals surface area contributed by atoms with Gasteiger partial charge in [0.15, 0.2) is 0 Å². The summed E-state index contributed by atoms with van der Waals surface area (Å²) in [6, 6.07) is 0. The van der Waals surface area contributed by atoms with Crippen LogP contribution in [-0.4, -0.2) is 30.6 Å². The molecule has 0 radical (unpaired) electrons. The van der Waals surface area contributed by atoms with Crippen LogP contribution in [0.5, 0.6) is 0 Å². The van der Waals surface area contributed by atoms with Crippen molar-refractivity contribution in [2.45, 2.75) is 52.0 Å². The van der Waals surface area contributed by atoms with Gasteiger partial charge in [-0.05, 0) is 11.8 Å². The zero-order chi connectivity index (χ0) is 12.3. The Labute approximate surface area is 88.4 Å². The number of ether oxygens (including phenoxy) is 1. The maximum atomic E-state index is 11.9. The molecule has 0 aromatic carbocycles. The molecule has 0 aliphatic carbocycles. The Kier molecular flexibility index (Phi) is 5.06. The number of alkyl halides is 3. The summed E-state index contributed by atoms with van der Waals surface area (Å²) >= 11 is 0. The highest BCUT2D eigenvalue weighted by Gasteiger charge is 2.34. The molecule has 0 aliphatic heterocycles. The first-order valence-electron chi connectivity index (χ1n) is 4.85. The van der Waals surface area contributed by atoms with Crippen LogP contribution in [0.25, 0.3) is 0 Å². The molecule has 92 valence electrons. The van der Waals surface area contributed by atoms with Gasteiger partial charge in [0.2, 0.25) is 0 Å². The predicted octanol–water partition coefficient (Wildman–Crippen LogP) is 2.75. The van der Waals surface area contributed by atoms with E-state index in [0.29, 0.717) is 0 Å². The van der Waals surface area contributed by atoms with Crippen molar-refractivity contribution in [2.75, 3.05) is 7.11 Å². The van der Waals surface area contributed by atoms with E-state index in [1.54, 1.807) is 0 Å². The smallest absolute Gasteiger partial charge is 0.389 e. The summed E-state index contributed by atoms with van der Waals surface area (Å²) in [6.07, 6.45) is -7.20. The Hall–Kier alpha value is -0.290. The van der Waals surface area contributed by atoms with E-state index in [2.05, 4.69) is 0 Å². The molecule has 15 heavy (non-hydrogen) atoms. The summed E-state index contributed by atoms with van der Waals surface area (Å²) in [5.74, 6) is 0. The average Bonchev–Trinajstić information content (AvgIpc) is 1.98. The second-order valence-electron chi connectivity index (χ2n) is 4.74. The lowest BCUT2D eigenvalue weighted by Crippen LogP contribution is -2.39. The molecule has 2 atom stereocenters.